The van der Waals surface area contributed by atoms with Gasteiger partial charge in [0.2, 0.25) is 0 Å². The molecule has 0 bridgehead atoms. The number of esters is 1. The molecule has 22 heavy (non-hydrogen) atoms. The number of aromatic nitrogens is 2. The molecular formula is C14H14N2O6. The van der Waals surface area contributed by atoms with E-state index in [9.17, 15) is 9.59 Å². The Labute approximate surface area is 125 Å². The lowest BCUT2D eigenvalue weighted by Crippen LogP contribution is -2.12. The lowest BCUT2D eigenvalue weighted by Gasteiger charge is -2.10. The quantitative estimate of drug-likeness (QED) is 0.793. The molecule has 1 aromatic carbocycles. The number of benzene rings is 1. The van der Waals surface area contributed by atoms with Crippen molar-refractivity contribution in [1.29, 1.82) is 0 Å². The summed E-state index contributed by atoms with van der Waals surface area (Å²) in [6, 6.07) is 4.82. The third kappa shape index (κ3) is 3.81. The van der Waals surface area contributed by atoms with E-state index in [4.69, 9.17) is 14.4 Å². The molecule has 1 aromatic heterocycles. The number of carbonyl (C=O) groups is 2. The van der Waals surface area contributed by atoms with Crippen LogP contribution in [0.4, 0.5) is 0 Å². The Morgan fingerprint density at radius 1 is 1.36 bits per heavy atom. The standard InChI is InChI=1S/C14H14N2O6/c1-8-15-14(22-16-8)9-3-4-11(21-7-12(17)18)10(5-9)6-13(19)20-2/h3-5H,6-7H2,1-2H3,(H,17,18). The van der Waals surface area contributed by atoms with Gasteiger partial charge in [0.25, 0.3) is 5.89 Å². The highest BCUT2D eigenvalue weighted by Gasteiger charge is 2.15. The van der Waals surface area contributed by atoms with Gasteiger partial charge in [-0.25, -0.2) is 4.79 Å². The smallest absolute Gasteiger partial charge is 0.341 e. The van der Waals surface area contributed by atoms with Crippen molar-refractivity contribution in [3.63, 3.8) is 0 Å². The van der Waals surface area contributed by atoms with Gasteiger partial charge in [-0.15, -0.1) is 0 Å². The molecule has 0 radical (unpaired) electrons. The fraction of sp³-hybridized carbons (Fsp3) is 0.286. The van der Waals surface area contributed by atoms with Crippen LogP contribution in [0.15, 0.2) is 22.7 Å². The van der Waals surface area contributed by atoms with E-state index in [0.717, 1.165) is 0 Å². The fourth-order valence-electron chi connectivity index (χ4n) is 1.77. The van der Waals surface area contributed by atoms with E-state index >= 15 is 0 Å². The fourth-order valence-corrected chi connectivity index (χ4v) is 1.77. The van der Waals surface area contributed by atoms with Gasteiger partial charge in [0.15, 0.2) is 12.4 Å². The number of aryl methyl sites for hydroxylation is 1. The predicted octanol–water partition coefficient (Wildman–Crippen LogP) is 1.22. The molecule has 8 heteroatoms. The molecule has 8 nitrogen and oxygen atoms in total. The lowest BCUT2D eigenvalue weighted by atomic mass is 10.1. The number of hydrogen-bond acceptors (Lipinski definition) is 7. The van der Waals surface area contributed by atoms with Gasteiger partial charge in [-0.05, 0) is 25.1 Å². The Balaban J connectivity index is 2.33. The van der Waals surface area contributed by atoms with Crippen LogP contribution < -0.4 is 4.74 Å². The first-order valence-corrected chi connectivity index (χ1v) is 6.34. The van der Waals surface area contributed by atoms with Crippen LogP contribution in [0.1, 0.15) is 11.4 Å². The van der Waals surface area contributed by atoms with Gasteiger partial charge in [-0.2, -0.15) is 4.98 Å². The molecule has 1 heterocycles. The van der Waals surface area contributed by atoms with Gasteiger partial charge < -0.3 is 19.1 Å². The van der Waals surface area contributed by atoms with Crippen LogP contribution in [0.3, 0.4) is 0 Å². The second-order valence-corrected chi connectivity index (χ2v) is 4.40. The number of carboxylic acids is 1. The molecule has 0 aliphatic carbocycles. The van der Waals surface area contributed by atoms with Crippen molar-refractivity contribution in [1.82, 2.24) is 10.1 Å². The predicted molar refractivity (Wildman–Crippen MR) is 73.3 cm³/mol. The molecule has 0 spiro atoms. The maximum absolute atomic E-state index is 11.5. The summed E-state index contributed by atoms with van der Waals surface area (Å²) >= 11 is 0. The first-order chi connectivity index (χ1) is 10.5. The van der Waals surface area contributed by atoms with Crippen molar-refractivity contribution in [2.75, 3.05) is 13.7 Å². The van der Waals surface area contributed by atoms with Crippen LogP contribution in [0, 0.1) is 6.92 Å². The molecule has 0 aliphatic heterocycles. The number of aliphatic carboxylic acids is 1. The summed E-state index contributed by atoms with van der Waals surface area (Å²) in [6.07, 6.45) is -0.0631. The van der Waals surface area contributed by atoms with E-state index in [1.54, 1.807) is 25.1 Å². The minimum atomic E-state index is -1.11. The molecule has 0 unspecified atom stereocenters. The topological polar surface area (TPSA) is 112 Å². The van der Waals surface area contributed by atoms with Gasteiger partial charge in [0, 0.05) is 11.1 Å². The molecule has 0 amide bonds. The summed E-state index contributed by atoms with van der Waals surface area (Å²) < 4.78 is 14.9. The molecule has 0 saturated heterocycles. The second kappa shape index (κ2) is 6.70. The Kier molecular flexibility index (Phi) is 4.72. The van der Waals surface area contributed by atoms with Crippen LogP contribution in [-0.2, 0) is 20.7 Å². The third-order valence-electron chi connectivity index (χ3n) is 2.75. The lowest BCUT2D eigenvalue weighted by molar-refractivity contribution is -0.140. The van der Waals surface area contributed by atoms with E-state index in [0.29, 0.717) is 22.8 Å². The van der Waals surface area contributed by atoms with Gasteiger partial charge >= 0.3 is 11.9 Å². The Bertz CT molecular complexity index is 694. The molecule has 0 saturated carbocycles. The number of hydrogen-bond donors (Lipinski definition) is 1. The average molecular weight is 306 g/mol. The molecule has 116 valence electrons. The van der Waals surface area contributed by atoms with Crippen molar-refractivity contribution in [2.45, 2.75) is 13.3 Å². The van der Waals surface area contributed by atoms with Crippen molar-refractivity contribution in [3.8, 4) is 17.2 Å². The monoisotopic (exact) mass is 306 g/mol. The molecule has 0 aliphatic rings. The zero-order valence-corrected chi connectivity index (χ0v) is 12.0. The van der Waals surface area contributed by atoms with E-state index in [-0.39, 0.29) is 12.2 Å². The summed E-state index contributed by atoms with van der Waals surface area (Å²) in [5, 5.41) is 12.4. The maximum atomic E-state index is 11.5. The first kappa shape index (κ1) is 15.5. The SMILES string of the molecule is COC(=O)Cc1cc(-c2nc(C)no2)ccc1OCC(=O)O. The van der Waals surface area contributed by atoms with Crippen molar-refractivity contribution >= 4 is 11.9 Å². The number of rotatable bonds is 6. The van der Waals surface area contributed by atoms with Crippen LogP contribution >= 0.6 is 0 Å². The Hall–Kier alpha value is -2.90. The number of nitrogens with zero attached hydrogens (tertiary/aromatic N) is 2. The van der Waals surface area contributed by atoms with Crippen molar-refractivity contribution in [3.05, 3.63) is 29.6 Å². The number of methoxy groups -OCH3 is 1. The number of carbonyl (C=O) groups excluding carboxylic acids is 1. The number of ether oxygens (including phenoxy) is 2. The number of carboxylic acid groups (broad SMARTS) is 1. The van der Waals surface area contributed by atoms with Crippen molar-refractivity contribution < 1.29 is 28.7 Å². The van der Waals surface area contributed by atoms with E-state index in [1.165, 1.54) is 7.11 Å². The van der Waals surface area contributed by atoms with E-state index < -0.39 is 18.5 Å². The zero-order valence-electron chi connectivity index (χ0n) is 12.0. The first-order valence-electron chi connectivity index (χ1n) is 6.34. The Morgan fingerprint density at radius 2 is 2.14 bits per heavy atom. The van der Waals surface area contributed by atoms with Gasteiger partial charge in [-0.1, -0.05) is 5.16 Å². The highest BCUT2D eigenvalue weighted by Crippen LogP contribution is 2.26. The molecule has 0 atom stereocenters. The minimum Gasteiger partial charge on any atom is -0.482 e. The van der Waals surface area contributed by atoms with Gasteiger partial charge in [0.05, 0.1) is 13.5 Å². The summed E-state index contributed by atoms with van der Waals surface area (Å²) in [6.45, 7) is 1.18. The minimum absolute atomic E-state index is 0.0631. The molecule has 2 aromatic rings. The highest BCUT2D eigenvalue weighted by atomic mass is 16.5. The second-order valence-electron chi connectivity index (χ2n) is 4.40. The van der Waals surface area contributed by atoms with Gasteiger partial charge in [0.1, 0.15) is 5.75 Å². The Morgan fingerprint density at radius 3 is 2.73 bits per heavy atom. The summed E-state index contributed by atoms with van der Waals surface area (Å²) in [4.78, 5) is 26.2. The average Bonchev–Trinajstić information content (AvgIpc) is 2.92. The van der Waals surface area contributed by atoms with Crippen LogP contribution in [0.5, 0.6) is 5.75 Å². The summed E-state index contributed by atoms with van der Waals surface area (Å²) in [7, 11) is 1.27. The van der Waals surface area contributed by atoms with Gasteiger partial charge in [-0.3, -0.25) is 4.79 Å². The molecule has 1 N–H and O–H groups in total. The zero-order chi connectivity index (χ0) is 16.1. The highest BCUT2D eigenvalue weighted by molar-refractivity contribution is 5.75. The van der Waals surface area contributed by atoms with E-state index in [1.807, 2.05) is 0 Å². The molecule has 2 rings (SSSR count). The normalized spacial score (nSPS) is 10.3. The summed E-state index contributed by atoms with van der Waals surface area (Å²) in [5.74, 6) is -0.517. The third-order valence-corrected chi connectivity index (χ3v) is 2.75. The van der Waals surface area contributed by atoms with Crippen LogP contribution in [-0.4, -0.2) is 40.9 Å². The van der Waals surface area contributed by atoms with Crippen LogP contribution in [0.25, 0.3) is 11.5 Å². The summed E-state index contributed by atoms with van der Waals surface area (Å²) in [5.41, 5.74) is 1.07. The molecule has 0 fully saturated rings. The maximum Gasteiger partial charge on any atom is 0.341 e. The molecular weight excluding hydrogens is 292 g/mol. The van der Waals surface area contributed by atoms with E-state index in [2.05, 4.69) is 14.9 Å². The van der Waals surface area contributed by atoms with Crippen molar-refractivity contribution in [2.24, 2.45) is 0 Å². The van der Waals surface area contributed by atoms with Crippen LogP contribution in [0.2, 0.25) is 0 Å². The largest absolute Gasteiger partial charge is 0.482 e.